The molecule has 2 N–H and O–H groups in total. The predicted octanol–water partition coefficient (Wildman–Crippen LogP) is 8.19. The van der Waals surface area contributed by atoms with Crippen LogP contribution >= 0.6 is 0 Å². The summed E-state index contributed by atoms with van der Waals surface area (Å²) in [4.78, 5) is 16.4. The first kappa shape index (κ1) is 28.6. The van der Waals surface area contributed by atoms with E-state index in [4.69, 9.17) is 4.74 Å². The van der Waals surface area contributed by atoms with Crippen molar-refractivity contribution in [3.8, 4) is 0 Å². The summed E-state index contributed by atoms with van der Waals surface area (Å²) >= 11 is 0. The molecular formula is C33H46N2O2. The number of rotatable bonds is 13. The summed E-state index contributed by atoms with van der Waals surface area (Å²) in [6.07, 6.45) is 16.2. The van der Waals surface area contributed by atoms with E-state index < -0.39 is 0 Å². The summed E-state index contributed by atoms with van der Waals surface area (Å²) in [6, 6.07) is 8.37. The van der Waals surface area contributed by atoms with Crippen molar-refractivity contribution in [2.45, 2.75) is 79.6 Å². The second-order valence-corrected chi connectivity index (χ2v) is 10.9. The first-order valence-electron chi connectivity index (χ1n) is 13.8. The van der Waals surface area contributed by atoms with E-state index in [-0.39, 0.29) is 11.7 Å². The Balaban J connectivity index is 1.54. The number of ether oxygens (including phenoxy) is 1. The maximum absolute atomic E-state index is 13.1. The number of aromatic amines is 1. The largest absolute Gasteiger partial charge is 0.491 e. The van der Waals surface area contributed by atoms with Crippen molar-refractivity contribution in [2.24, 2.45) is 11.8 Å². The lowest BCUT2D eigenvalue weighted by molar-refractivity contribution is -0.124. The maximum Gasteiger partial charge on any atom is 0.202 e. The molecule has 200 valence electrons. The Morgan fingerprint density at radius 1 is 1.05 bits per heavy atom. The molecule has 0 radical (unpaired) electrons. The number of aromatic nitrogens is 1. The summed E-state index contributed by atoms with van der Waals surface area (Å²) in [7, 11) is 1.61. The Labute approximate surface area is 224 Å². The second-order valence-electron chi connectivity index (χ2n) is 10.9. The van der Waals surface area contributed by atoms with Gasteiger partial charge in [0.15, 0.2) is 5.76 Å². The Morgan fingerprint density at radius 2 is 1.76 bits per heavy atom. The summed E-state index contributed by atoms with van der Waals surface area (Å²) in [6.45, 7) is 11.6. The molecule has 0 amide bonds. The van der Waals surface area contributed by atoms with Gasteiger partial charge in [-0.1, -0.05) is 60.1 Å². The van der Waals surface area contributed by atoms with Crippen LogP contribution in [0.15, 0.2) is 76.9 Å². The van der Waals surface area contributed by atoms with Crippen molar-refractivity contribution in [1.29, 1.82) is 0 Å². The zero-order chi connectivity index (χ0) is 26.8. The van der Waals surface area contributed by atoms with Crippen molar-refractivity contribution in [3.63, 3.8) is 0 Å². The van der Waals surface area contributed by atoms with Crippen LogP contribution in [0.25, 0.3) is 10.9 Å². The molecule has 0 fully saturated rings. The molecule has 1 aromatic carbocycles. The average Bonchev–Trinajstić information content (AvgIpc) is 3.28. The van der Waals surface area contributed by atoms with Gasteiger partial charge in [0.05, 0.1) is 12.8 Å². The fourth-order valence-electron chi connectivity index (χ4n) is 5.14. The lowest BCUT2D eigenvalue weighted by Crippen LogP contribution is -2.34. The number of benzene rings is 1. The predicted molar refractivity (Wildman–Crippen MR) is 156 cm³/mol. The van der Waals surface area contributed by atoms with Crippen molar-refractivity contribution < 1.29 is 9.53 Å². The van der Waals surface area contributed by atoms with Crippen LogP contribution in [0, 0.1) is 11.8 Å². The number of H-pyrrole nitrogens is 1. The Hall–Kier alpha value is -3.01. The summed E-state index contributed by atoms with van der Waals surface area (Å²) < 4.78 is 5.57. The molecule has 0 saturated carbocycles. The van der Waals surface area contributed by atoms with Gasteiger partial charge in [0.2, 0.25) is 5.78 Å². The number of allylic oxidation sites excluding steroid dienone is 8. The molecule has 4 nitrogen and oxygen atoms in total. The highest BCUT2D eigenvalue weighted by Gasteiger charge is 2.34. The third kappa shape index (κ3) is 8.24. The number of Topliss-reactive ketones (excluding diaryl/α,β-unsaturated/α-hetero) is 1. The molecule has 1 aliphatic rings. The molecule has 0 spiro atoms. The Bertz CT molecular complexity index is 1170. The van der Waals surface area contributed by atoms with Crippen LogP contribution in [0.3, 0.4) is 0 Å². The van der Waals surface area contributed by atoms with Gasteiger partial charge in [0, 0.05) is 29.6 Å². The van der Waals surface area contributed by atoms with Crippen LogP contribution in [-0.4, -0.2) is 24.4 Å². The highest BCUT2D eigenvalue weighted by atomic mass is 16.5. The van der Waals surface area contributed by atoms with E-state index in [0.29, 0.717) is 11.7 Å². The van der Waals surface area contributed by atoms with E-state index in [1.807, 2.05) is 6.07 Å². The van der Waals surface area contributed by atoms with Crippen LogP contribution in [0.4, 0.5) is 0 Å². The standard InChI is InChI=1S/C33H46N2O2/c1-23(2)11-9-12-24(3)13-10-14-25(4)17-18-27-21-31(33(37-6)32(36)26(27)5)34-20-19-28-22-35-30-16-8-7-15-29(28)30/h7-8,11,13,15-17,22,26-27,34-35H,9-10,12,14,18-21H2,1-6H3/b24-13+,25-17+/t26?,27-/m1/s1. The van der Waals surface area contributed by atoms with Gasteiger partial charge >= 0.3 is 0 Å². The fraction of sp³-hybridized carbons (Fsp3) is 0.485. The van der Waals surface area contributed by atoms with E-state index in [9.17, 15) is 4.79 Å². The normalized spacial score (nSPS) is 18.9. The van der Waals surface area contributed by atoms with Gasteiger partial charge in [0.1, 0.15) is 0 Å². The molecule has 2 atom stereocenters. The molecule has 4 heteroatoms. The maximum atomic E-state index is 13.1. The Kier molecular flexibility index (Phi) is 10.9. The number of ketones is 1. The number of carbonyl (C=O) groups is 1. The first-order chi connectivity index (χ1) is 17.8. The van der Waals surface area contributed by atoms with Gasteiger partial charge in [-0.25, -0.2) is 0 Å². The molecule has 0 aliphatic heterocycles. The number of nitrogens with one attached hydrogen (secondary N) is 2. The van der Waals surface area contributed by atoms with Crippen LogP contribution < -0.4 is 5.32 Å². The molecule has 37 heavy (non-hydrogen) atoms. The topological polar surface area (TPSA) is 54.1 Å². The molecule has 0 saturated heterocycles. The molecule has 1 heterocycles. The zero-order valence-corrected chi connectivity index (χ0v) is 23.7. The van der Waals surface area contributed by atoms with Gasteiger partial charge in [0.25, 0.3) is 0 Å². The minimum Gasteiger partial charge on any atom is -0.491 e. The number of methoxy groups -OCH3 is 1. The van der Waals surface area contributed by atoms with Gasteiger partial charge < -0.3 is 15.0 Å². The molecule has 1 aliphatic carbocycles. The highest BCUT2D eigenvalue weighted by molar-refractivity contribution is 5.96. The van der Waals surface area contributed by atoms with Crippen molar-refractivity contribution >= 4 is 16.7 Å². The smallest absolute Gasteiger partial charge is 0.202 e. The molecule has 1 unspecified atom stereocenters. The van der Waals surface area contributed by atoms with E-state index in [1.54, 1.807) is 7.11 Å². The van der Waals surface area contributed by atoms with Crippen LogP contribution in [0.1, 0.15) is 78.7 Å². The summed E-state index contributed by atoms with van der Waals surface area (Å²) in [5.41, 5.74) is 7.67. The number of hydrogen-bond donors (Lipinski definition) is 2. The van der Waals surface area contributed by atoms with Gasteiger partial charge in [-0.15, -0.1) is 0 Å². The van der Waals surface area contributed by atoms with Crippen LogP contribution in [0.5, 0.6) is 0 Å². The van der Waals surface area contributed by atoms with E-state index in [0.717, 1.165) is 62.7 Å². The monoisotopic (exact) mass is 502 g/mol. The summed E-state index contributed by atoms with van der Waals surface area (Å²) in [5.74, 6) is 0.889. The van der Waals surface area contributed by atoms with E-state index in [2.05, 4.69) is 87.5 Å². The Morgan fingerprint density at radius 3 is 2.49 bits per heavy atom. The van der Waals surface area contributed by atoms with Crippen molar-refractivity contribution in [1.82, 2.24) is 10.3 Å². The zero-order valence-electron chi connectivity index (χ0n) is 23.7. The highest BCUT2D eigenvalue weighted by Crippen LogP contribution is 2.34. The third-order valence-corrected chi connectivity index (χ3v) is 7.59. The van der Waals surface area contributed by atoms with Gasteiger partial charge in [-0.3, -0.25) is 4.79 Å². The number of fused-ring (bicyclic) bond motifs is 1. The number of hydrogen-bond acceptors (Lipinski definition) is 3. The molecular weight excluding hydrogens is 456 g/mol. The third-order valence-electron chi connectivity index (χ3n) is 7.59. The number of carbonyl (C=O) groups excluding carboxylic acids is 1. The summed E-state index contributed by atoms with van der Waals surface area (Å²) in [5, 5.41) is 4.81. The van der Waals surface area contributed by atoms with Crippen LogP contribution in [-0.2, 0) is 16.0 Å². The quantitative estimate of drug-likeness (QED) is 0.271. The average molecular weight is 503 g/mol. The van der Waals surface area contributed by atoms with Crippen molar-refractivity contribution in [2.75, 3.05) is 13.7 Å². The lowest BCUT2D eigenvalue weighted by Gasteiger charge is -2.30. The first-order valence-corrected chi connectivity index (χ1v) is 13.8. The van der Waals surface area contributed by atoms with Gasteiger partial charge in [-0.05, 0) is 90.2 Å². The molecule has 0 bridgehead atoms. The van der Waals surface area contributed by atoms with E-state index in [1.165, 1.54) is 27.7 Å². The SMILES string of the molecule is COC1=C(NCCc2c[nH]c3ccccc23)C[C@@H](C/C=C(\C)CC/C=C(\C)CCC=C(C)C)C(C)C1=O. The second kappa shape index (κ2) is 14.1. The molecule has 2 aromatic rings. The minimum atomic E-state index is -0.0321. The minimum absolute atomic E-state index is 0.0321. The van der Waals surface area contributed by atoms with E-state index >= 15 is 0 Å². The fourth-order valence-corrected chi connectivity index (χ4v) is 5.14. The van der Waals surface area contributed by atoms with Gasteiger partial charge in [-0.2, -0.15) is 0 Å². The molecule has 3 rings (SSSR count). The lowest BCUT2D eigenvalue weighted by atomic mass is 9.78. The molecule has 1 aromatic heterocycles. The number of para-hydroxylation sites is 1. The van der Waals surface area contributed by atoms with Crippen molar-refractivity contribution in [3.05, 3.63) is 82.4 Å². The van der Waals surface area contributed by atoms with Crippen LogP contribution in [0.2, 0.25) is 0 Å².